The van der Waals surface area contributed by atoms with Crippen LogP contribution in [-0.2, 0) is 4.79 Å². The molecule has 1 heterocycles. The topological polar surface area (TPSA) is 74.5 Å². The summed E-state index contributed by atoms with van der Waals surface area (Å²) in [6.45, 7) is 0. The number of hydrogen-bond acceptors (Lipinski definition) is 6. The first-order valence-corrected chi connectivity index (χ1v) is 8.26. The Balaban J connectivity index is 1.83. The number of carbonyl (C=O) groups is 1. The van der Waals surface area contributed by atoms with Crippen LogP contribution in [0.1, 0.15) is 5.56 Å². The van der Waals surface area contributed by atoms with Crippen molar-refractivity contribution in [3.05, 3.63) is 53.8 Å². The third-order valence-electron chi connectivity index (χ3n) is 3.39. The van der Waals surface area contributed by atoms with Crippen LogP contribution in [0.2, 0.25) is 0 Å². The summed E-state index contributed by atoms with van der Waals surface area (Å²) >= 11 is 1.23. The smallest absolute Gasteiger partial charge is 0.243 e. The Morgan fingerprint density at radius 3 is 2.92 bits per heavy atom. The van der Waals surface area contributed by atoms with Crippen LogP contribution >= 0.6 is 11.8 Å². The van der Waals surface area contributed by atoms with Crippen molar-refractivity contribution in [2.45, 2.75) is 0 Å². The van der Waals surface area contributed by atoms with Crippen LogP contribution < -0.4 is 9.64 Å². The number of methoxy groups -OCH3 is 1. The van der Waals surface area contributed by atoms with Crippen LogP contribution in [0.4, 0.5) is 10.1 Å². The van der Waals surface area contributed by atoms with Gasteiger partial charge in [-0.15, -0.1) is 5.10 Å². The summed E-state index contributed by atoms with van der Waals surface area (Å²) in [6.07, 6.45) is 1.47. The monoisotopic (exact) mass is 359 g/mol. The van der Waals surface area contributed by atoms with Crippen LogP contribution in [0.3, 0.4) is 0 Å². The van der Waals surface area contributed by atoms with Crippen molar-refractivity contribution < 1.29 is 19.0 Å². The number of anilines is 1. The van der Waals surface area contributed by atoms with Gasteiger partial charge in [-0.3, -0.25) is 9.69 Å². The fourth-order valence-electron chi connectivity index (χ4n) is 2.22. The molecule has 128 valence electrons. The molecule has 8 heteroatoms. The van der Waals surface area contributed by atoms with Gasteiger partial charge in [0, 0.05) is 0 Å². The van der Waals surface area contributed by atoms with Gasteiger partial charge in [-0.1, -0.05) is 17.8 Å². The number of carbonyl (C=O) groups excluding carboxylic acids is 1. The minimum Gasteiger partial charge on any atom is -0.504 e. The molecule has 0 saturated carbocycles. The molecular formula is C17H14FN3O3S. The number of ether oxygens (including phenoxy) is 1. The van der Waals surface area contributed by atoms with Crippen LogP contribution in [0.25, 0.3) is 0 Å². The van der Waals surface area contributed by atoms with E-state index in [2.05, 4.69) is 10.2 Å². The van der Waals surface area contributed by atoms with E-state index in [1.54, 1.807) is 18.2 Å². The van der Waals surface area contributed by atoms with Crippen LogP contribution in [0, 0.1) is 5.82 Å². The van der Waals surface area contributed by atoms with Crippen molar-refractivity contribution >= 4 is 34.7 Å². The maximum Gasteiger partial charge on any atom is 0.243 e. The normalized spacial score (nSPS) is 16.2. The first-order chi connectivity index (χ1) is 12.1. The van der Waals surface area contributed by atoms with E-state index in [-0.39, 0.29) is 17.4 Å². The number of amidine groups is 1. The summed E-state index contributed by atoms with van der Waals surface area (Å²) in [5.41, 5.74) is 1.08. The quantitative estimate of drug-likeness (QED) is 0.673. The van der Waals surface area contributed by atoms with E-state index in [9.17, 15) is 14.3 Å². The molecule has 0 unspecified atom stereocenters. The molecule has 1 saturated heterocycles. The highest BCUT2D eigenvalue weighted by Crippen LogP contribution is 2.28. The number of benzene rings is 2. The maximum atomic E-state index is 13.4. The highest BCUT2D eigenvalue weighted by Gasteiger charge is 2.30. The Morgan fingerprint density at radius 2 is 2.16 bits per heavy atom. The molecule has 0 aliphatic carbocycles. The van der Waals surface area contributed by atoms with Crippen molar-refractivity contribution in [2.24, 2.45) is 10.2 Å². The van der Waals surface area contributed by atoms with E-state index < -0.39 is 5.82 Å². The first kappa shape index (κ1) is 17.0. The number of rotatable bonds is 4. The molecular weight excluding hydrogens is 345 g/mol. The summed E-state index contributed by atoms with van der Waals surface area (Å²) in [6, 6.07) is 10.5. The lowest BCUT2D eigenvalue weighted by Crippen LogP contribution is -2.29. The molecule has 0 atom stereocenters. The lowest BCUT2D eigenvalue weighted by Gasteiger charge is -2.14. The van der Waals surface area contributed by atoms with Crippen molar-refractivity contribution in [1.29, 1.82) is 0 Å². The minimum atomic E-state index is -0.429. The van der Waals surface area contributed by atoms with E-state index in [4.69, 9.17) is 4.74 Å². The number of thioether (sulfide) groups is 1. The summed E-state index contributed by atoms with van der Waals surface area (Å²) in [5, 5.41) is 18.0. The molecule has 1 amide bonds. The van der Waals surface area contributed by atoms with Gasteiger partial charge in [-0.05, 0) is 42.0 Å². The molecule has 3 rings (SSSR count). The molecule has 1 aliphatic rings. The Hall–Kier alpha value is -2.87. The van der Waals surface area contributed by atoms with E-state index in [0.29, 0.717) is 22.2 Å². The average Bonchev–Trinajstić information content (AvgIpc) is 2.97. The van der Waals surface area contributed by atoms with Gasteiger partial charge in [0.25, 0.3) is 0 Å². The van der Waals surface area contributed by atoms with Gasteiger partial charge in [0.15, 0.2) is 16.7 Å². The SMILES string of the molecule is COc1cc(C=NN=C2SCC(=O)N2c2cccc(F)c2)ccc1O. The zero-order valence-corrected chi connectivity index (χ0v) is 14.0. The number of amides is 1. The van der Waals surface area contributed by atoms with Crippen LogP contribution in [0.5, 0.6) is 11.5 Å². The molecule has 2 aromatic rings. The van der Waals surface area contributed by atoms with Gasteiger partial charge in [-0.25, -0.2) is 4.39 Å². The van der Waals surface area contributed by atoms with E-state index in [1.807, 2.05) is 0 Å². The van der Waals surface area contributed by atoms with E-state index in [1.165, 1.54) is 54.3 Å². The Bertz CT molecular complexity index is 870. The molecule has 1 fully saturated rings. The summed E-state index contributed by atoms with van der Waals surface area (Å²) < 4.78 is 18.4. The molecule has 2 aromatic carbocycles. The highest BCUT2D eigenvalue weighted by atomic mass is 32.2. The van der Waals surface area contributed by atoms with Gasteiger partial charge in [0.2, 0.25) is 5.91 Å². The number of halogens is 1. The molecule has 1 N–H and O–H groups in total. The lowest BCUT2D eigenvalue weighted by molar-refractivity contribution is -0.115. The molecule has 0 spiro atoms. The molecule has 6 nitrogen and oxygen atoms in total. The standard InChI is InChI=1S/C17H14FN3O3S/c1-24-15-7-11(5-6-14(15)22)9-19-20-17-21(16(23)10-25-17)13-4-2-3-12(18)8-13/h2-9,22H,10H2,1H3. The van der Waals surface area contributed by atoms with Gasteiger partial charge in [-0.2, -0.15) is 5.10 Å². The number of phenols is 1. The number of hydrogen-bond donors (Lipinski definition) is 1. The second kappa shape index (κ2) is 7.35. The van der Waals surface area contributed by atoms with Gasteiger partial charge in [0.05, 0.1) is 24.8 Å². The van der Waals surface area contributed by atoms with Gasteiger partial charge in [0.1, 0.15) is 5.82 Å². The average molecular weight is 359 g/mol. The second-order valence-electron chi connectivity index (χ2n) is 5.06. The van der Waals surface area contributed by atoms with Gasteiger partial charge >= 0.3 is 0 Å². The third-order valence-corrected chi connectivity index (χ3v) is 4.30. The van der Waals surface area contributed by atoms with Crippen molar-refractivity contribution in [2.75, 3.05) is 17.8 Å². The lowest BCUT2D eigenvalue weighted by atomic mass is 10.2. The van der Waals surface area contributed by atoms with Crippen LogP contribution in [0.15, 0.2) is 52.7 Å². The van der Waals surface area contributed by atoms with Crippen molar-refractivity contribution in [3.63, 3.8) is 0 Å². The summed E-state index contributed by atoms with van der Waals surface area (Å²) in [4.78, 5) is 13.4. The zero-order valence-electron chi connectivity index (χ0n) is 13.2. The Kier molecular flexibility index (Phi) is 4.99. The third kappa shape index (κ3) is 3.80. The first-order valence-electron chi connectivity index (χ1n) is 7.28. The largest absolute Gasteiger partial charge is 0.504 e. The number of nitrogens with zero attached hydrogens (tertiary/aromatic N) is 3. The molecule has 1 aliphatic heterocycles. The molecule has 0 radical (unpaired) electrons. The predicted octanol–water partition coefficient (Wildman–Crippen LogP) is 3.01. The van der Waals surface area contributed by atoms with Crippen molar-refractivity contribution in [1.82, 2.24) is 0 Å². The molecule has 25 heavy (non-hydrogen) atoms. The predicted molar refractivity (Wildman–Crippen MR) is 96.0 cm³/mol. The summed E-state index contributed by atoms with van der Waals surface area (Å²) in [5.74, 6) is -0.0431. The maximum absolute atomic E-state index is 13.4. The second-order valence-corrected chi connectivity index (χ2v) is 6.00. The number of phenolic OH excluding ortho intramolecular Hbond substituents is 1. The fourth-order valence-corrected chi connectivity index (χ4v) is 3.05. The van der Waals surface area contributed by atoms with Crippen molar-refractivity contribution in [3.8, 4) is 11.5 Å². The fraction of sp³-hybridized carbons (Fsp3) is 0.118. The Labute approximate surface area is 147 Å². The van der Waals surface area contributed by atoms with E-state index in [0.717, 1.165) is 0 Å². The molecule has 0 bridgehead atoms. The van der Waals surface area contributed by atoms with E-state index >= 15 is 0 Å². The van der Waals surface area contributed by atoms with Gasteiger partial charge < -0.3 is 9.84 Å². The minimum absolute atomic E-state index is 0.0280. The highest BCUT2D eigenvalue weighted by molar-refractivity contribution is 8.15. The summed E-state index contributed by atoms with van der Waals surface area (Å²) in [7, 11) is 1.45. The Morgan fingerprint density at radius 1 is 1.32 bits per heavy atom. The molecule has 0 aromatic heterocycles. The zero-order chi connectivity index (χ0) is 17.8. The van der Waals surface area contributed by atoms with Crippen LogP contribution in [-0.4, -0.2) is 35.3 Å². The number of aromatic hydroxyl groups is 1.